The predicted molar refractivity (Wildman–Crippen MR) is 99.8 cm³/mol. The van der Waals surface area contributed by atoms with Crippen LogP contribution in [0.15, 0.2) is 48.7 Å². The molecule has 0 atom stereocenters. The Morgan fingerprint density at radius 1 is 1.12 bits per heavy atom. The average Bonchev–Trinajstić information content (AvgIpc) is 3.00. The number of amides is 2. The zero-order valence-corrected chi connectivity index (χ0v) is 14.6. The average molecular weight is 335 g/mol. The number of nitrogens with one attached hydrogen (secondary N) is 2. The molecule has 0 aliphatic carbocycles. The van der Waals surface area contributed by atoms with Crippen LogP contribution in [0.3, 0.4) is 0 Å². The number of para-hydroxylation sites is 1. The highest BCUT2D eigenvalue weighted by atomic mass is 16.2. The van der Waals surface area contributed by atoms with Crippen molar-refractivity contribution >= 4 is 28.4 Å². The summed E-state index contributed by atoms with van der Waals surface area (Å²) in [5.41, 5.74) is 4.38. The molecule has 2 aromatic carbocycles. The number of fused-ring (bicyclic) bond motifs is 1. The van der Waals surface area contributed by atoms with E-state index in [1.54, 1.807) is 13.2 Å². The first-order valence-corrected chi connectivity index (χ1v) is 8.14. The highest BCUT2D eigenvalue weighted by Gasteiger charge is 2.18. The highest BCUT2D eigenvalue weighted by Crippen LogP contribution is 2.19. The molecule has 1 heterocycles. The van der Waals surface area contributed by atoms with Gasteiger partial charge < -0.3 is 15.2 Å². The van der Waals surface area contributed by atoms with Gasteiger partial charge >= 0.3 is 0 Å². The van der Waals surface area contributed by atoms with E-state index in [1.807, 2.05) is 56.3 Å². The lowest BCUT2D eigenvalue weighted by Crippen LogP contribution is -2.35. The second kappa shape index (κ2) is 6.81. The van der Waals surface area contributed by atoms with Gasteiger partial charge in [-0.1, -0.05) is 35.9 Å². The van der Waals surface area contributed by atoms with Crippen LogP contribution in [0.25, 0.3) is 10.9 Å². The maximum absolute atomic E-state index is 12.6. The van der Waals surface area contributed by atoms with E-state index >= 15 is 0 Å². The fourth-order valence-electron chi connectivity index (χ4n) is 2.88. The molecule has 0 fully saturated rings. The molecule has 0 saturated heterocycles. The summed E-state index contributed by atoms with van der Waals surface area (Å²) in [6.07, 6.45) is 1.69. The van der Waals surface area contributed by atoms with Gasteiger partial charge in [0, 0.05) is 29.8 Å². The molecule has 0 bridgehead atoms. The predicted octanol–water partition coefficient (Wildman–Crippen LogP) is 3.50. The zero-order valence-electron chi connectivity index (χ0n) is 14.6. The number of aryl methyl sites for hydroxylation is 2. The Morgan fingerprint density at radius 3 is 2.64 bits per heavy atom. The molecule has 3 aromatic rings. The Morgan fingerprint density at radius 2 is 1.88 bits per heavy atom. The number of hydrogen-bond donors (Lipinski definition) is 2. The summed E-state index contributed by atoms with van der Waals surface area (Å²) < 4.78 is 0. The van der Waals surface area contributed by atoms with Gasteiger partial charge in [-0.25, -0.2) is 0 Å². The number of carbonyl (C=O) groups is 2. The van der Waals surface area contributed by atoms with E-state index in [9.17, 15) is 9.59 Å². The van der Waals surface area contributed by atoms with Crippen molar-refractivity contribution in [3.05, 3.63) is 65.4 Å². The standard InChI is InChI=1S/C20H21N3O2/c1-13-8-9-17(14(2)10-13)22-19(24)12-23(3)20(25)16-11-21-18-7-5-4-6-15(16)18/h4-11,21H,12H2,1-3H3,(H,22,24). The van der Waals surface area contributed by atoms with Crippen molar-refractivity contribution in [1.29, 1.82) is 0 Å². The van der Waals surface area contributed by atoms with Gasteiger partial charge in [-0.05, 0) is 31.5 Å². The molecule has 2 amide bonds. The summed E-state index contributed by atoms with van der Waals surface area (Å²) in [6, 6.07) is 13.4. The quantitative estimate of drug-likeness (QED) is 0.766. The molecular formula is C20H21N3O2. The van der Waals surface area contributed by atoms with Crippen molar-refractivity contribution in [3.63, 3.8) is 0 Å². The summed E-state index contributed by atoms with van der Waals surface area (Å²) in [7, 11) is 1.63. The van der Waals surface area contributed by atoms with Crippen LogP contribution in [0.5, 0.6) is 0 Å². The molecule has 0 saturated carbocycles. The summed E-state index contributed by atoms with van der Waals surface area (Å²) >= 11 is 0. The fourth-order valence-corrected chi connectivity index (χ4v) is 2.88. The van der Waals surface area contributed by atoms with E-state index in [1.165, 1.54) is 4.90 Å². The van der Waals surface area contributed by atoms with E-state index in [0.29, 0.717) is 5.56 Å². The van der Waals surface area contributed by atoms with Gasteiger partial charge in [0.1, 0.15) is 0 Å². The van der Waals surface area contributed by atoms with Crippen molar-refractivity contribution in [3.8, 4) is 0 Å². The van der Waals surface area contributed by atoms with Gasteiger partial charge in [0.2, 0.25) is 5.91 Å². The number of aromatic amines is 1. The third-order valence-electron chi connectivity index (χ3n) is 4.20. The number of carbonyl (C=O) groups excluding carboxylic acids is 2. The van der Waals surface area contributed by atoms with Crippen LogP contribution in [0.1, 0.15) is 21.5 Å². The number of anilines is 1. The van der Waals surface area contributed by atoms with Crippen LogP contribution in [-0.2, 0) is 4.79 Å². The first kappa shape index (κ1) is 16.8. The minimum Gasteiger partial charge on any atom is -0.360 e. The van der Waals surface area contributed by atoms with Crippen LogP contribution in [0, 0.1) is 13.8 Å². The molecule has 5 heteroatoms. The summed E-state index contributed by atoms with van der Waals surface area (Å²) in [4.78, 5) is 29.4. The Labute approximate surface area is 146 Å². The number of rotatable bonds is 4. The second-order valence-corrected chi connectivity index (χ2v) is 6.28. The molecule has 0 radical (unpaired) electrons. The lowest BCUT2D eigenvalue weighted by Gasteiger charge is -2.17. The zero-order chi connectivity index (χ0) is 18.0. The normalized spacial score (nSPS) is 10.7. The van der Waals surface area contributed by atoms with Crippen molar-refractivity contribution in [2.75, 3.05) is 18.9 Å². The number of H-pyrrole nitrogens is 1. The minimum absolute atomic E-state index is 0.00828. The Bertz CT molecular complexity index is 943. The maximum Gasteiger partial charge on any atom is 0.256 e. The van der Waals surface area contributed by atoms with Crippen molar-refractivity contribution in [2.45, 2.75) is 13.8 Å². The third-order valence-corrected chi connectivity index (χ3v) is 4.20. The summed E-state index contributed by atoms with van der Waals surface area (Å²) in [5, 5.41) is 3.72. The van der Waals surface area contributed by atoms with Gasteiger partial charge in [-0.2, -0.15) is 0 Å². The highest BCUT2D eigenvalue weighted by molar-refractivity contribution is 6.08. The number of likely N-dealkylation sites (N-methyl/N-ethyl adjacent to an activating group) is 1. The van der Waals surface area contributed by atoms with Gasteiger partial charge in [-0.15, -0.1) is 0 Å². The lowest BCUT2D eigenvalue weighted by atomic mass is 10.1. The van der Waals surface area contributed by atoms with Crippen molar-refractivity contribution < 1.29 is 9.59 Å². The number of nitrogens with zero attached hydrogens (tertiary/aromatic N) is 1. The summed E-state index contributed by atoms with van der Waals surface area (Å²) in [6.45, 7) is 3.95. The largest absolute Gasteiger partial charge is 0.360 e. The van der Waals surface area contributed by atoms with Crippen LogP contribution in [-0.4, -0.2) is 35.3 Å². The van der Waals surface area contributed by atoms with E-state index < -0.39 is 0 Å². The molecule has 25 heavy (non-hydrogen) atoms. The molecule has 0 spiro atoms. The second-order valence-electron chi connectivity index (χ2n) is 6.28. The first-order valence-electron chi connectivity index (χ1n) is 8.14. The molecule has 0 aliphatic rings. The van der Waals surface area contributed by atoms with Gasteiger partial charge in [-0.3, -0.25) is 9.59 Å². The van der Waals surface area contributed by atoms with Gasteiger partial charge in [0.25, 0.3) is 5.91 Å². The molecular weight excluding hydrogens is 314 g/mol. The topological polar surface area (TPSA) is 65.2 Å². The molecule has 0 aliphatic heterocycles. The smallest absolute Gasteiger partial charge is 0.256 e. The van der Waals surface area contributed by atoms with Gasteiger partial charge in [0.15, 0.2) is 0 Å². The molecule has 128 valence electrons. The fraction of sp³-hybridized carbons (Fsp3) is 0.200. The first-order chi connectivity index (χ1) is 12.0. The van der Waals surface area contributed by atoms with Crippen LogP contribution in [0.4, 0.5) is 5.69 Å². The van der Waals surface area contributed by atoms with Crippen LogP contribution < -0.4 is 5.32 Å². The molecule has 2 N–H and O–H groups in total. The van der Waals surface area contributed by atoms with E-state index in [0.717, 1.165) is 27.7 Å². The van der Waals surface area contributed by atoms with Crippen LogP contribution >= 0.6 is 0 Å². The molecule has 3 rings (SSSR count). The van der Waals surface area contributed by atoms with E-state index in [4.69, 9.17) is 0 Å². The lowest BCUT2D eigenvalue weighted by molar-refractivity contribution is -0.116. The van der Waals surface area contributed by atoms with E-state index in [-0.39, 0.29) is 18.4 Å². The van der Waals surface area contributed by atoms with Crippen molar-refractivity contribution in [1.82, 2.24) is 9.88 Å². The van der Waals surface area contributed by atoms with Crippen molar-refractivity contribution in [2.24, 2.45) is 0 Å². The number of benzene rings is 2. The third kappa shape index (κ3) is 3.55. The Balaban J connectivity index is 1.69. The SMILES string of the molecule is Cc1ccc(NC(=O)CN(C)C(=O)c2c[nH]c3ccccc23)c(C)c1. The van der Waals surface area contributed by atoms with Crippen LogP contribution in [0.2, 0.25) is 0 Å². The van der Waals surface area contributed by atoms with Gasteiger partial charge in [0.05, 0.1) is 12.1 Å². The number of aromatic nitrogens is 1. The maximum atomic E-state index is 12.6. The monoisotopic (exact) mass is 335 g/mol. The molecule has 1 aromatic heterocycles. The minimum atomic E-state index is -0.220. The Hall–Kier alpha value is -3.08. The Kier molecular flexibility index (Phi) is 4.57. The van der Waals surface area contributed by atoms with E-state index in [2.05, 4.69) is 10.3 Å². The molecule has 5 nitrogen and oxygen atoms in total. The number of hydrogen-bond acceptors (Lipinski definition) is 2. The molecule has 0 unspecified atom stereocenters. The summed E-state index contributed by atoms with van der Waals surface area (Å²) in [5.74, 6) is -0.407.